The third-order valence-corrected chi connectivity index (χ3v) is 3.87. The van der Waals surface area contributed by atoms with Crippen molar-refractivity contribution in [2.75, 3.05) is 19.0 Å². The molecular formula is C19H16F3N3O3. The molecule has 0 aliphatic carbocycles. The lowest BCUT2D eigenvalue weighted by Gasteiger charge is -2.15. The molecular weight excluding hydrogens is 375 g/mol. The van der Waals surface area contributed by atoms with Crippen LogP contribution in [0.25, 0.3) is 11.0 Å². The Morgan fingerprint density at radius 2 is 1.86 bits per heavy atom. The molecule has 0 saturated carbocycles. The molecule has 1 N–H and O–H groups in total. The van der Waals surface area contributed by atoms with Crippen molar-refractivity contribution in [1.82, 2.24) is 9.97 Å². The third kappa shape index (κ3) is 3.98. The van der Waals surface area contributed by atoms with E-state index in [1.807, 2.05) is 0 Å². The summed E-state index contributed by atoms with van der Waals surface area (Å²) in [5.74, 6) is -0.0138. The van der Waals surface area contributed by atoms with Gasteiger partial charge in [-0.3, -0.25) is 0 Å². The number of carbonyl (C=O) groups is 1. The average molecular weight is 391 g/mol. The average Bonchev–Trinajstić information content (AvgIpc) is 2.67. The van der Waals surface area contributed by atoms with Crippen molar-refractivity contribution >= 4 is 28.4 Å². The van der Waals surface area contributed by atoms with Crippen molar-refractivity contribution in [2.45, 2.75) is 13.1 Å². The van der Waals surface area contributed by atoms with E-state index in [9.17, 15) is 18.0 Å². The molecule has 0 bridgehead atoms. The predicted molar refractivity (Wildman–Crippen MR) is 96.8 cm³/mol. The van der Waals surface area contributed by atoms with Crippen molar-refractivity contribution in [3.8, 4) is 5.75 Å². The van der Waals surface area contributed by atoms with E-state index in [2.05, 4.69) is 15.3 Å². The van der Waals surface area contributed by atoms with Crippen LogP contribution in [-0.4, -0.2) is 29.7 Å². The SMILES string of the molecule is CCOC(=O)c1cnc2nc(C(F)(F)F)ccc2c1Nc1ccc(OC)cc1. The van der Waals surface area contributed by atoms with Gasteiger partial charge < -0.3 is 14.8 Å². The minimum Gasteiger partial charge on any atom is -0.497 e. The van der Waals surface area contributed by atoms with Crippen LogP contribution in [0.1, 0.15) is 23.0 Å². The number of benzene rings is 1. The second kappa shape index (κ2) is 7.71. The molecule has 1 aromatic carbocycles. The molecule has 9 heteroatoms. The fraction of sp³-hybridized carbons (Fsp3) is 0.211. The molecule has 0 spiro atoms. The van der Waals surface area contributed by atoms with Crippen molar-refractivity contribution in [2.24, 2.45) is 0 Å². The molecule has 2 heterocycles. The number of ether oxygens (including phenoxy) is 2. The molecule has 3 rings (SSSR count). The van der Waals surface area contributed by atoms with Crippen LogP contribution in [0, 0.1) is 0 Å². The van der Waals surface area contributed by atoms with Crippen molar-refractivity contribution in [3.05, 3.63) is 53.9 Å². The maximum absolute atomic E-state index is 13.0. The first kappa shape index (κ1) is 19.4. The van der Waals surface area contributed by atoms with Gasteiger partial charge in [0.15, 0.2) is 5.65 Å². The molecule has 0 unspecified atom stereocenters. The van der Waals surface area contributed by atoms with Crippen LogP contribution in [0.4, 0.5) is 24.5 Å². The second-order valence-corrected chi connectivity index (χ2v) is 5.69. The van der Waals surface area contributed by atoms with Gasteiger partial charge >= 0.3 is 12.1 Å². The fourth-order valence-electron chi connectivity index (χ4n) is 2.55. The summed E-state index contributed by atoms with van der Waals surface area (Å²) in [6, 6.07) is 8.89. The number of pyridine rings is 2. The maximum Gasteiger partial charge on any atom is 0.433 e. The van der Waals surface area contributed by atoms with Crippen LogP contribution in [0.15, 0.2) is 42.6 Å². The number of hydrogen-bond acceptors (Lipinski definition) is 6. The van der Waals surface area contributed by atoms with E-state index in [0.29, 0.717) is 11.4 Å². The minimum atomic E-state index is -4.60. The first-order valence-electron chi connectivity index (χ1n) is 8.28. The summed E-state index contributed by atoms with van der Waals surface area (Å²) < 4.78 is 49.0. The van der Waals surface area contributed by atoms with Crippen LogP contribution in [0.3, 0.4) is 0 Å². The van der Waals surface area contributed by atoms with Gasteiger partial charge in [0.1, 0.15) is 17.0 Å². The zero-order valence-corrected chi connectivity index (χ0v) is 15.0. The smallest absolute Gasteiger partial charge is 0.433 e. The Labute approximate surface area is 158 Å². The highest BCUT2D eigenvalue weighted by molar-refractivity contribution is 6.05. The van der Waals surface area contributed by atoms with Crippen molar-refractivity contribution in [3.63, 3.8) is 0 Å². The number of carbonyl (C=O) groups excluding carboxylic acids is 1. The van der Waals surface area contributed by atoms with E-state index in [1.165, 1.54) is 13.2 Å². The monoisotopic (exact) mass is 391 g/mol. The number of rotatable bonds is 5. The number of alkyl halides is 3. The zero-order valence-electron chi connectivity index (χ0n) is 15.0. The number of esters is 1. The number of halogens is 3. The van der Waals surface area contributed by atoms with E-state index in [-0.39, 0.29) is 28.9 Å². The Morgan fingerprint density at radius 1 is 1.14 bits per heavy atom. The molecule has 0 fully saturated rings. The highest BCUT2D eigenvalue weighted by Gasteiger charge is 2.33. The summed E-state index contributed by atoms with van der Waals surface area (Å²) in [4.78, 5) is 19.8. The molecule has 0 amide bonds. The Hall–Kier alpha value is -3.36. The lowest BCUT2D eigenvalue weighted by atomic mass is 10.1. The molecule has 6 nitrogen and oxygen atoms in total. The molecule has 28 heavy (non-hydrogen) atoms. The summed E-state index contributed by atoms with van der Waals surface area (Å²) in [5.41, 5.74) is -0.258. The Balaban J connectivity index is 2.13. The number of fused-ring (bicyclic) bond motifs is 1. The minimum absolute atomic E-state index is 0.0896. The largest absolute Gasteiger partial charge is 0.497 e. The fourth-order valence-corrected chi connectivity index (χ4v) is 2.55. The number of nitrogens with zero attached hydrogens (tertiary/aromatic N) is 2. The van der Waals surface area contributed by atoms with Gasteiger partial charge in [0, 0.05) is 17.3 Å². The van der Waals surface area contributed by atoms with Crippen LogP contribution in [0.5, 0.6) is 5.75 Å². The van der Waals surface area contributed by atoms with E-state index >= 15 is 0 Å². The highest BCUT2D eigenvalue weighted by Crippen LogP contribution is 2.33. The molecule has 0 radical (unpaired) electrons. The van der Waals surface area contributed by atoms with E-state index in [0.717, 1.165) is 12.3 Å². The third-order valence-electron chi connectivity index (χ3n) is 3.87. The first-order valence-corrected chi connectivity index (χ1v) is 8.28. The second-order valence-electron chi connectivity index (χ2n) is 5.69. The Bertz CT molecular complexity index is 1000. The van der Waals surface area contributed by atoms with Crippen molar-refractivity contribution in [1.29, 1.82) is 0 Å². The normalized spacial score (nSPS) is 11.3. The summed E-state index contributed by atoms with van der Waals surface area (Å²) in [6.07, 6.45) is -3.45. The Kier molecular flexibility index (Phi) is 5.34. The number of hydrogen-bond donors (Lipinski definition) is 1. The van der Waals surface area contributed by atoms with Crippen LogP contribution >= 0.6 is 0 Å². The predicted octanol–water partition coefficient (Wildman–Crippen LogP) is 4.58. The van der Waals surface area contributed by atoms with Gasteiger partial charge in [-0.05, 0) is 43.3 Å². The summed E-state index contributed by atoms with van der Waals surface area (Å²) >= 11 is 0. The van der Waals surface area contributed by atoms with Gasteiger partial charge in [-0.1, -0.05) is 0 Å². The van der Waals surface area contributed by atoms with Gasteiger partial charge in [-0.15, -0.1) is 0 Å². The lowest BCUT2D eigenvalue weighted by Crippen LogP contribution is -2.11. The van der Waals surface area contributed by atoms with Gasteiger partial charge in [0.2, 0.25) is 0 Å². The molecule has 146 valence electrons. The Morgan fingerprint density at radius 3 is 2.46 bits per heavy atom. The van der Waals surface area contributed by atoms with Crippen LogP contribution in [0.2, 0.25) is 0 Å². The number of aromatic nitrogens is 2. The van der Waals surface area contributed by atoms with Crippen LogP contribution < -0.4 is 10.1 Å². The zero-order chi connectivity index (χ0) is 20.3. The molecule has 0 atom stereocenters. The van der Waals surface area contributed by atoms with Gasteiger partial charge in [-0.25, -0.2) is 14.8 Å². The quantitative estimate of drug-likeness (QED) is 0.642. The molecule has 0 aliphatic heterocycles. The van der Waals surface area contributed by atoms with Crippen molar-refractivity contribution < 1.29 is 27.4 Å². The molecule has 3 aromatic rings. The molecule has 2 aromatic heterocycles. The van der Waals surface area contributed by atoms with E-state index in [4.69, 9.17) is 9.47 Å². The number of anilines is 2. The van der Waals surface area contributed by atoms with Gasteiger partial charge in [-0.2, -0.15) is 13.2 Å². The number of nitrogens with one attached hydrogen (secondary N) is 1. The first-order chi connectivity index (χ1) is 13.3. The van der Waals surface area contributed by atoms with Gasteiger partial charge in [0.05, 0.1) is 19.4 Å². The molecule has 0 aliphatic rings. The van der Waals surface area contributed by atoms with Crippen LogP contribution in [-0.2, 0) is 10.9 Å². The van der Waals surface area contributed by atoms with E-state index in [1.54, 1.807) is 31.2 Å². The molecule has 0 saturated heterocycles. The summed E-state index contributed by atoms with van der Waals surface area (Å²) in [7, 11) is 1.53. The van der Waals surface area contributed by atoms with Gasteiger partial charge in [0.25, 0.3) is 0 Å². The summed E-state index contributed by atoms with van der Waals surface area (Å²) in [6.45, 7) is 1.80. The maximum atomic E-state index is 13.0. The number of methoxy groups -OCH3 is 1. The summed E-state index contributed by atoms with van der Waals surface area (Å²) in [5, 5.41) is 3.31. The highest BCUT2D eigenvalue weighted by atomic mass is 19.4. The lowest BCUT2D eigenvalue weighted by molar-refractivity contribution is -0.141. The topological polar surface area (TPSA) is 73.3 Å². The van der Waals surface area contributed by atoms with E-state index < -0.39 is 17.8 Å². The standard InChI is InChI=1S/C19H16F3N3O3/c1-3-28-18(26)14-10-23-17-13(8-9-15(25-17)19(20,21)22)16(14)24-11-4-6-12(27-2)7-5-11/h4-10H,3H2,1-2H3,(H,23,24,25).